The van der Waals surface area contributed by atoms with Crippen molar-refractivity contribution in [1.29, 1.82) is 5.26 Å². The van der Waals surface area contributed by atoms with Gasteiger partial charge in [-0.2, -0.15) is 5.26 Å². The molecular weight excluding hydrogens is 352 g/mol. The molecule has 5 nitrogen and oxygen atoms in total. The zero-order valence-electron chi connectivity index (χ0n) is 12.7. The fourth-order valence-corrected chi connectivity index (χ4v) is 3.70. The summed E-state index contributed by atoms with van der Waals surface area (Å²) < 4.78 is 0.767. The minimum absolute atomic E-state index is 0.0696. The highest BCUT2D eigenvalue weighted by Crippen LogP contribution is 2.26. The van der Waals surface area contributed by atoms with Gasteiger partial charge in [0.1, 0.15) is 5.01 Å². The van der Waals surface area contributed by atoms with Gasteiger partial charge in [0.15, 0.2) is 4.34 Å². The van der Waals surface area contributed by atoms with Crippen molar-refractivity contribution in [2.24, 2.45) is 0 Å². The second kappa shape index (κ2) is 8.29. The van der Waals surface area contributed by atoms with Crippen molar-refractivity contribution in [3.63, 3.8) is 0 Å². The molecule has 0 saturated carbocycles. The quantitative estimate of drug-likeness (QED) is 0.726. The Morgan fingerprint density at radius 3 is 2.83 bits per heavy atom. The van der Waals surface area contributed by atoms with Gasteiger partial charge in [0.25, 0.3) is 0 Å². The molecule has 0 unspecified atom stereocenters. The summed E-state index contributed by atoms with van der Waals surface area (Å²) in [5.41, 5.74) is 1.65. The number of aromatic nitrogens is 2. The number of nitrogens with zero attached hydrogens (tertiary/aromatic N) is 4. The molecule has 0 spiro atoms. The first-order valence-electron chi connectivity index (χ1n) is 6.87. The second-order valence-corrected chi connectivity index (χ2v) is 7.57. The number of carbonyl (C=O) groups is 1. The topological polar surface area (TPSA) is 69.9 Å². The Bertz CT molecular complexity index is 741. The Hall–Kier alpha value is -1.62. The van der Waals surface area contributed by atoms with Crippen molar-refractivity contribution >= 4 is 46.3 Å². The van der Waals surface area contributed by atoms with Crippen LogP contribution in [0.3, 0.4) is 0 Å². The molecule has 0 aliphatic carbocycles. The van der Waals surface area contributed by atoms with Crippen molar-refractivity contribution in [3.05, 3.63) is 33.8 Å². The summed E-state index contributed by atoms with van der Waals surface area (Å²) >= 11 is 8.86. The average molecular weight is 367 g/mol. The van der Waals surface area contributed by atoms with Crippen molar-refractivity contribution in [2.45, 2.75) is 24.6 Å². The molecule has 1 amide bonds. The SMILES string of the molecule is Cc1nnc(SCC(=O)N(CCC#N)c2ccc(Cl)c(C)c2)s1. The molecule has 120 valence electrons. The molecule has 0 bridgehead atoms. The lowest BCUT2D eigenvalue weighted by Crippen LogP contribution is -2.33. The Morgan fingerprint density at radius 1 is 1.43 bits per heavy atom. The van der Waals surface area contributed by atoms with E-state index in [0.717, 1.165) is 20.6 Å². The maximum atomic E-state index is 12.5. The maximum absolute atomic E-state index is 12.5. The van der Waals surface area contributed by atoms with E-state index >= 15 is 0 Å². The number of aryl methyl sites for hydroxylation is 2. The minimum atomic E-state index is -0.0696. The Kier molecular flexibility index (Phi) is 6.39. The van der Waals surface area contributed by atoms with Gasteiger partial charge in [-0.25, -0.2) is 0 Å². The minimum Gasteiger partial charge on any atom is -0.311 e. The van der Waals surface area contributed by atoms with Crippen LogP contribution in [0.5, 0.6) is 0 Å². The first-order valence-corrected chi connectivity index (χ1v) is 9.05. The highest BCUT2D eigenvalue weighted by Gasteiger charge is 2.17. The lowest BCUT2D eigenvalue weighted by atomic mass is 10.2. The van der Waals surface area contributed by atoms with Crippen molar-refractivity contribution in [2.75, 3.05) is 17.2 Å². The Labute approximate surface area is 148 Å². The lowest BCUT2D eigenvalue weighted by molar-refractivity contribution is -0.116. The molecule has 2 aromatic rings. The van der Waals surface area contributed by atoms with Gasteiger partial charge in [0, 0.05) is 17.3 Å². The van der Waals surface area contributed by atoms with E-state index in [4.69, 9.17) is 16.9 Å². The molecule has 8 heteroatoms. The van der Waals surface area contributed by atoms with E-state index in [1.54, 1.807) is 17.0 Å². The number of benzene rings is 1. The van der Waals surface area contributed by atoms with Crippen LogP contribution in [0.1, 0.15) is 17.0 Å². The molecule has 0 aliphatic rings. The van der Waals surface area contributed by atoms with Crippen LogP contribution < -0.4 is 4.90 Å². The maximum Gasteiger partial charge on any atom is 0.237 e. The van der Waals surface area contributed by atoms with E-state index in [-0.39, 0.29) is 18.1 Å². The van der Waals surface area contributed by atoms with Gasteiger partial charge in [-0.3, -0.25) is 4.79 Å². The molecule has 0 fully saturated rings. The van der Waals surface area contributed by atoms with Crippen LogP contribution >= 0.6 is 34.7 Å². The number of carbonyl (C=O) groups excluding carboxylic acids is 1. The first-order chi connectivity index (χ1) is 11.0. The van der Waals surface area contributed by atoms with Crippen LogP contribution in [0, 0.1) is 25.2 Å². The summed E-state index contributed by atoms with van der Waals surface area (Å²) in [5.74, 6) is 0.182. The highest BCUT2D eigenvalue weighted by molar-refractivity contribution is 8.01. The molecule has 0 aliphatic heterocycles. The smallest absolute Gasteiger partial charge is 0.237 e. The number of hydrogen-bond acceptors (Lipinski definition) is 6. The summed E-state index contributed by atoms with van der Waals surface area (Å²) in [4.78, 5) is 14.2. The molecule has 23 heavy (non-hydrogen) atoms. The summed E-state index contributed by atoms with van der Waals surface area (Å²) in [6.45, 7) is 4.11. The standard InChI is InChI=1S/C15H15ClN4OS2/c1-10-8-12(4-5-13(10)16)20(7-3-6-17)14(21)9-22-15-19-18-11(2)23-15/h4-5,8H,3,7,9H2,1-2H3. The van der Waals surface area contributed by atoms with Crippen molar-refractivity contribution < 1.29 is 4.79 Å². The van der Waals surface area contributed by atoms with Crippen LogP contribution in [0.2, 0.25) is 5.02 Å². The number of anilines is 1. The summed E-state index contributed by atoms with van der Waals surface area (Å²) in [6.07, 6.45) is 0.274. The molecule has 0 saturated heterocycles. The van der Waals surface area contributed by atoms with Crippen LogP contribution in [0.15, 0.2) is 22.5 Å². The van der Waals surface area contributed by atoms with E-state index in [9.17, 15) is 4.79 Å². The van der Waals surface area contributed by atoms with Crippen molar-refractivity contribution in [3.8, 4) is 6.07 Å². The van der Waals surface area contributed by atoms with Gasteiger partial charge >= 0.3 is 0 Å². The molecule has 1 aromatic heterocycles. The van der Waals surface area contributed by atoms with E-state index in [1.165, 1.54) is 23.1 Å². The van der Waals surface area contributed by atoms with Gasteiger partial charge < -0.3 is 4.90 Å². The van der Waals surface area contributed by atoms with Crippen LogP contribution in [0.4, 0.5) is 5.69 Å². The summed E-state index contributed by atoms with van der Waals surface area (Å²) in [5, 5.41) is 18.3. The van der Waals surface area contributed by atoms with E-state index in [0.29, 0.717) is 11.6 Å². The first kappa shape index (κ1) is 17.7. The van der Waals surface area contributed by atoms with Gasteiger partial charge in [0.05, 0.1) is 18.2 Å². The second-order valence-electron chi connectivity index (χ2n) is 4.76. The Balaban J connectivity index is 2.11. The summed E-state index contributed by atoms with van der Waals surface area (Å²) in [6, 6.07) is 7.50. The van der Waals surface area contributed by atoms with E-state index < -0.39 is 0 Å². The number of halogens is 1. The number of rotatable bonds is 6. The average Bonchev–Trinajstić information content (AvgIpc) is 2.94. The number of amides is 1. The molecule has 2 rings (SSSR count). The third kappa shape index (κ3) is 4.93. The number of hydrogen-bond donors (Lipinski definition) is 0. The predicted molar refractivity (Wildman–Crippen MR) is 94.1 cm³/mol. The third-order valence-corrected chi connectivity index (χ3v) is 5.41. The molecular formula is C15H15ClN4OS2. The van der Waals surface area contributed by atoms with E-state index in [1.807, 2.05) is 19.9 Å². The van der Waals surface area contributed by atoms with Crippen LogP contribution in [-0.4, -0.2) is 28.4 Å². The monoisotopic (exact) mass is 366 g/mol. The lowest BCUT2D eigenvalue weighted by Gasteiger charge is -2.22. The zero-order chi connectivity index (χ0) is 16.8. The fourth-order valence-electron chi connectivity index (χ4n) is 1.89. The van der Waals surface area contributed by atoms with Gasteiger partial charge in [0.2, 0.25) is 5.91 Å². The number of thioether (sulfide) groups is 1. The fraction of sp³-hybridized carbons (Fsp3) is 0.333. The summed E-state index contributed by atoms with van der Waals surface area (Å²) in [7, 11) is 0. The zero-order valence-corrected chi connectivity index (χ0v) is 15.1. The Morgan fingerprint density at radius 2 is 2.22 bits per heavy atom. The van der Waals surface area contributed by atoms with E-state index in [2.05, 4.69) is 16.3 Å². The van der Waals surface area contributed by atoms with Gasteiger partial charge in [-0.1, -0.05) is 34.7 Å². The van der Waals surface area contributed by atoms with Crippen LogP contribution in [-0.2, 0) is 4.79 Å². The largest absolute Gasteiger partial charge is 0.311 e. The van der Waals surface area contributed by atoms with Crippen molar-refractivity contribution in [1.82, 2.24) is 10.2 Å². The molecule has 0 N–H and O–H groups in total. The third-order valence-electron chi connectivity index (χ3n) is 3.03. The molecule has 1 heterocycles. The molecule has 0 radical (unpaired) electrons. The van der Waals surface area contributed by atoms with Gasteiger partial charge in [-0.15, -0.1) is 10.2 Å². The normalized spacial score (nSPS) is 10.3. The molecule has 1 aromatic carbocycles. The van der Waals surface area contributed by atoms with Crippen LogP contribution in [0.25, 0.3) is 0 Å². The molecule has 0 atom stereocenters. The highest BCUT2D eigenvalue weighted by atomic mass is 35.5. The van der Waals surface area contributed by atoms with Gasteiger partial charge in [-0.05, 0) is 37.6 Å². The predicted octanol–water partition coefficient (Wildman–Crippen LogP) is 3.85. The number of nitriles is 1.